The Labute approximate surface area is 147 Å². The molecule has 2 N–H and O–H groups in total. The number of hydrogen-bond donors (Lipinski definition) is 2. The maximum absolute atomic E-state index is 11.9. The van der Waals surface area contributed by atoms with Crippen molar-refractivity contribution in [1.29, 1.82) is 5.26 Å². The second kappa shape index (κ2) is 7.49. The molecular weight excluding hydrogens is 316 g/mol. The van der Waals surface area contributed by atoms with Gasteiger partial charge in [-0.1, -0.05) is 0 Å². The summed E-state index contributed by atoms with van der Waals surface area (Å²) in [6.45, 7) is 5.70. The maximum atomic E-state index is 11.9. The number of aryl methyl sites for hydroxylation is 2. The zero-order valence-corrected chi connectivity index (χ0v) is 14.6. The number of amides is 1. The van der Waals surface area contributed by atoms with Gasteiger partial charge in [0.05, 0.1) is 11.1 Å². The fraction of sp³-hybridized carbons (Fsp3) is 0.421. The topological polar surface area (TPSA) is 87.0 Å². The number of rotatable bonds is 5. The van der Waals surface area contributed by atoms with Crippen LogP contribution in [0.2, 0.25) is 0 Å². The van der Waals surface area contributed by atoms with Crippen LogP contribution in [0.3, 0.4) is 0 Å². The number of ether oxygens (including phenoxy) is 1. The van der Waals surface area contributed by atoms with Gasteiger partial charge in [0, 0.05) is 25.1 Å². The highest BCUT2D eigenvalue weighted by molar-refractivity contribution is 5.84. The van der Waals surface area contributed by atoms with Gasteiger partial charge in [-0.2, -0.15) is 5.26 Å². The Hall–Kier alpha value is -2.65. The van der Waals surface area contributed by atoms with Gasteiger partial charge < -0.3 is 15.4 Å². The molecule has 25 heavy (non-hydrogen) atoms. The summed E-state index contributed by atoms with van der Waals surface area (Å²) in [5.74, 6) is 0.474. The number of carbonyl (C=O) groups excluding carboxylic acids is 1. The van der Waals surface area contributed by atoms with E-state index in [0.717, 1.165) is 23.7 Å². The van der Waals surface area contributed by atoms with Gasteiger partial charge in [0.25, 0.3) is 0 Å². The predicted molar refractivity (Wildman–Crippen MR) is 96.4 cm³/mol. The summed E-state index contributed by atoms with van der Waals surface area (Å²) < 4.78 is 5.35. The molecule has 1 aromatic heterocycles. The number of anilines is 1. The summed E-state index contributed by atoms with van der Waals surface area (Å²) in [5, 5.41) is 16.3. The first-order valence-electron chi connectivity index (χ1n) is 8.54. The van der Waals surface area contributed by atoms with E-state index in [2.05, 4.69) is 21.7 Å². The van der Waals surface area contributed by atoms with Crippen molar-refractivity contribution in [2.75, 3.05) is 25.0 Å². The molecule has 1 fully saturated rings. The van der Waals surface area contributed by atoms with Crippen molar-refractivity contribution in [3.05, 3.63) is 34.9 Å². The number of carbonyl (C=O) groups is 1. The Bertz CT molecular complexity index is 835. The van der Waals surface area contributed by atoms with E-state index < -0.39 is 0 Å². The first-order valence-corrected chi connectivity index (χ1v) is 8.54. The Morgan fingerprint density at radius 3 is 2.84 bits per heavy atom. The Balaban J connectivity index is 1.65. The standard InChI is InChI=1S/C19H22N4O2/c1-12-8-14-10-15(11-20)18(23-16(14)9-13(12)2)21-5-6-22-19(24)17-4-3-7-25-17/h8-10,17H,3-7H2,1-2H3,(H,21,23)(H,22,24). The van der Waals surface area contributed by atoms with Crippen molar-refractivity contribution in [3.63, 3.8) is 0 Å². The van der Waals surface area contributed by atoms with E-state index in [4.69, 9.17) is 4.74 Å². The molecule has 1 amide bonds. The molecule has 2 aromatic rings. The zero-order valence-electron chi connectivity index (χ0n) is 14.6. The molecule has 130 valence electrons. The number of nitrogens with one attached hydrogen (secondary N) is 2. The highest BCUT2D eigenvalue weighted by Crippen LogP contribution is 2.23. The number of fused-ring (bicyclic) bond motifs is 1. The minimum Gasteiger partial charge on any atom is -0.368 e. The lowest BCUT2D eigenvalue weighted by molar-refractivity contribution is -0.129. The quantitative estimate of drug-likeness (QED) is 0.818. The van der Waals surface area contributed by atoms with Gasteiger partial charge in [-0.25, -0.2) is 4.98 Å². The van der Waals surface area contributed by atoms with Gasteiger partial charge in [0.2, 0.25) is 5.91 Å². The van der Waals surface area contributed by atoms with Gasteiger partial charge >= 0.3 is 0 Å². The Morgan fingerprint density at radius 2 is 2.12 bits per heavy atom. The van der Waals surface area contributed by atoms with Gasteiger partial charge in [-0.05, 0) is 56.0 Å². The largest absolute Gasteiger partial charge is 0.368 e. The van der Waals surface area contributed by atoms with E-state index >= 15 is 0 Å². The van der Waals surface area contributed by atoms with E-state index in [9.17, 15) is 10.1 Å². The lowest BCUT2D eigenvalue weighted by Crippen LogP contribution is -2.36. The van der Waals surface area contributed by atoms with Crippen molar-refractivity contribution in [1.82, 2.24) is 10.3 Å². The summed E-state index contributed by atoms with van der Waals surface area (Å²) in [5.41, 5.74) is 3.70. The van der Waals surface area contributed by atoms with Crippen molar-refractivity contribution in [3.8, 4) is 6.07 Å². The molecule has 0 bridgehead atoms. The lowest BCUT2D eigenvalue weighted by atomic mass is 10.0. The first-order chi connectivity index (χ1) is 12.1. The van der Waals surface area contributed by atoms with Gasteiger partial charge in [0.1, 0.15) is 18.0 Å². The van der Waals surface area contributed by atoms with Crippen LogP contribution in [-0.4, -0.2) is 36.7 Å². The number of pyridine rings is 1. The highest BCUT2D eigenvalue weighted by Gasteiger charge is 2.22. The third-order valence-corrected chi connectivity index (χ3v) is 4.49. The molecule has 6 nitrogen and oxygen atoms in total. The monoisotopic (exact) mass is 338 g/mol. The number of hydrogen-bond acceptors (Lipinski definition) is 5. The smallest absolute Gasteiger partial charge is 0.249 e. The van der Waals surface area contributed by atoms with Crippen LogP contribution >= 0.6 is 0 Å². The van der Waals surface area contributed by atoms with Gasteiger partial charge in [0.15, 0.2) is 0 Å². The van der Waals surface area contributed by atoms with Crippen LogP contribution in [0, 0.1) is 25.2 Å². The summed E-state index contributed by atoms with van der Waals surface area (Å²) in [4.78, 5) is 16.5. The molecule has 1 atom stereocenters. The minimum absolute atomic E-state index is 0.0719. The van der Waals surface area contributed by atoms with Crippen LogP contribution in [0.25, 0.3) is 10.9 Å². The summed E-state index contributed by atoms with van der Waals surface area (Å²) in [6.07, 6.45) is 1.39. The summed E-state index contributed by atoms with van der Waals surface area (Å²) in [6, 6.07) is 8.10. The fourth-order valence-corrected chi connectivity index (χ4v) is 2.93. The first kappa shape index (κ1) is 17.2. The lowest BCUT2D eigenvalue weighted by Gasteiger charge is -2.12. The third-order valence-electron chi connectivity index (χ3n) is 4.49. The predicted octanol–water partition coefficient (Wildman–Crippen LogP) is 2.43. The van der Waals surface area contributed by atoms with E-state index in [-0.39, 0.29) is 12.0 Å². The molecule has 0 spiro atoms. The second-order valence-corrected chi connectivity index (χ2v) is 6.34. The van der Waals surface area contributed by atoms with Gasteiger partial charge in [-0.15, -0.1) is 0 Å². The molecule has 1 aliphatic rings. The van der Waals surface area contributed by atoms with Crippen LogP contribution < -0.4 is 10.6 Å². The van der Waals surface area contributed by atoms with E-state index in [1.54, 1.807) is 0 Å². The second-order valence-electron chi connectivity index (χ2n) is 6.34. The molecule has 0 radical (unpaired) electrons. The van der Waals surface area contributed by atoms with Crippen LogP contribution in [0.4, 0.5) is 5.82 Å². The van der Waals surface area contributed by atoms with Crippen LogP contribution in [0.1, 0.15) is 29.5 Å². The molecule has 3 rings (SSSR count). The number of nitrogens with zero attached hydrogens (tertiary/aromatic N) is 2. The average molecular weight is 338 g/mol. The molecule has 1 unspecified atom stereocenters. The van der Waals surface area contributed by atoms with Crippen molar-refractivity contribution in [2.24, 2.45) is 0 Å². The molecular formula is C19H22N4O2. The number of nitriles is 1. The summed E-state index contributed by atoms with van der Waals surface area (Å²) in [7, 11) is 0. The molecule has 2 heterocycles. The van der Waals surface area contributed by atoms with Crippen LogP contribution in [-0.2, 0) is 9.53 Å². The molecule has 1 aromatic carbocycles. The van der Waals surface area contributed by atoms with E-state index in [1.165, 1.54) is 11.1 Å². The maximum Gasteiger partial charge on any atom is 0.249 e. The van der Waals surface area contributed by atoms with E-state index in [0.29, 0.717) is 31.1 Å². The summed E-state index contributed by atoms with van der Waals surface area (Å²) >= 11 is 0. The number of aromatic nitrogens is 1. The van der Waals surface area contributed by atoms with Crippen molar-refractivity contribution >= 4 is 22.6 Å². The SMILES string of the molecule is Cc1cc2cc(C#N)c(NCCNC(=O)C3CCCO3)nc2cc1C. The molecule has 1 aliphatic heterocycles. The minimum atomic E-state index is -0.320. The van der Waals surface area contributed by atoms with E-state index in [1.807, 2.05) is 32.0 Å². The Kier molecular flexibility index (Phi) is 5.15. The highest BCUT2D eigenvalue weighted by atomic mass is 16.5. The molecule has 0 saturated carbocycles. The molecule has 0 aliphatic carbocycles. The zero-order chi connectivity index (χ0) is 17.8. The van der Waals surface area contributed by atoms with Crippen LogP contribution in [0.15, 0.2) is 18.2 Å². The van der Waals surface area contributed by atoms with Crippen LogP contribution in [0.5, 0.6) is 0 Å². The molecule has 1 saturated heterocycles. The van der Waals surface area contributed by atoms with Gasteiger partial charge in [-0.3, -0.25) is 4.79 Å². The van der Waals surface area contributed by atoms with Crippen molar-refractivity contribution in [2.45, 2.75) is 32.8 Å². The molecule has 6 heteroatoms. The fourth-order valence-electron chi connectivity index (χ4n) is 2.93. The van der Waals surface area contributed by atoms with Crippen molar-refractivity contribution < 1.29 is 9.53 Å². The average Bonchev–Trinajstić information content (AvgIpc) is 3.14. The Morgan fingerprint density at radius 1 is 1.32 bits per heavy atom. The number of benzene rings is 1. The normalized spacial score (nSPS) is 16.6. The third kappa shape index (κ3) is 3.89.